The van der Waals surface area contributed by atoms with E-state index in [2.05, 4.69) is 17.8 Å². The predicted molar refractivity (Wildman–Crippen MR) is 89.8 cm³/mol. The number of rotatable bonds is 6. The van der Waals surface area contributed by atoms with Crippen molar-refractivity contribution in [3.05, 3.63) is 0 Å². The van der Waals surface area contributed by atoms with Gasteiger partial charge in [-0.3, -0.25) is 25.3 Å². The Morgan fingerprint density at radius 1 is 1.24 bits per heavy atom. The third kappa shape index (κ3) is 3.58. The molecule has 8 nitrogen and oxygen atoms in total. The number of carbonyl (C=O) groups excluding carboxylic acids is 3. The molecule has 140 valence electrons. The second-order valence-electron chi connectivity index (χ2n) is 7.92. The Morgan fingerprint density at radius 2 is 1.92 bits per heavy atom. The molecule has 4 amide bonds. The SMILES string of the molecule is CCCCON1C(=O)N2CC1CC[C@H]2C(=O)NNC(=O)C1CC1(C)C. The summed E-state index contributed by atoms with van der Waals surface area (Å²) in [5, 5.41) is 1.42. The molecule has 2 saturated heterocycles. The number of nitrogens with zero attached hydrogens (tertiary/aromatic N) is 2. The molecule has 0 radical (unpaired) electrons. The fourth-order valence-corrected chi connectivity index (χ4v) is 3.59. The van der Waals surface area contributed by atoms with Gasteiger partial charge in [0.2, 0.25) is 5.91 Å². The summed E-state index contributed by atoms with van der Waals surface area (Å²) < 4.78 is 0. The van der Waals surface area contributed by atoms with Crippen molar-refractivity contribution in [3.8, 4) is 0 Å². The first kappa shape index (κ1) is 18.0. The number of carbonyl (C=O) groups is 3. The maximum atomic E-state index is 12.5. The first-order chi connectivity index (χ1) is 11.8. The Hall–Kier alpha value is -1.83. The molecule has 0 aromatic heterocycles. The van der Waals surface area contributed by atoms with Crippen molar-refractivity contribution in [1.29, 1.82) is 0 Å². The number of unbranched alkanes of at least 4 members (excludes halogenated alkanes) is 1. The normalized spacial score (nSPS) is 29.6. The molecule has 0 aromatic carbocycles. The quantitative estimate of drug-likeness (QED) is 0.555. The molecule has 25 heavy (non-hydrogen) atoms. The summed E-state index contributed by atoms with van der Waals surface area (Å²) in [6.07, 6.45) is 4.01. The van der Waals surface area contributed by atoms with Crippen LogP contribution in [0.25, 0.3) is 0 Å². The van der Waals surface area contributed by atoms with Crippen molar-refractivity contribution < 1.29 is 19.2 Å². The molecule has 2 bridgehead atoms. The zero-order valence-electron chi connectivity index (χ0n) is 15.2. The molecule has 3 rings (SSSR count). The van der Waals surface area contributed by atoms with Gasteiger partial charge in [-0.05, 0) is 31.1 Å². The maximum absolute atomic E-state index is 12.5. The van der Waals surface area contributed by atoms with Crippen molar-refractivity contribution in [3.63, 3.8) is 0 Å². The van der Waals surface area contributed by atoms with E-state index in [1.807, 2.05) is 13.8 Å². The van der Waals surface area contributed by atoms with Gasteiger partial charge in [-0.25, -0.2) is 4.79 Å². The van der Waals surface area contributed by atoms with Crippen LogP contribution in [0, 0.1) is 11.3 Å². The van der Waals surface area contributed by atoms with Crippen LogP contribution in [0.4, 0.5) is 4.79 Å². The van der Waals surface area contributed by atoms with E-state index in [1.165, 1.54) is 5.06 Å². The molecule has 3 atom stereocenters. The molecular formula is C17H28N4O4. The Kier molecular flexibility index (Phi) is 4.90. The molecule has 2 N–H and O–H groups in total. The van der Waals surface area contributed by atoms with Crippen LogP contribution < -0.4 is 10.9 Å². The minimum absolute atomic E-state index is 0.00805. The highest BCUT2D eigenvalue weighted by Gasteiger charge is 2.51. The number of nitrogens with one attached hydrogen (secondary N) is 2. The zero-order valence-corrected chi connectivity index (χ0v) is 15.2. The van der Waals surface area contributed by atoms with Gasteiger partial charge in [0.15, 0.2) is 0 Å². The Balaban J connectivity index is 1.51. The van der Waals surface area contributed by atoms with E-state index < -0.39 is 6.04 Å². The van der Waals surface area contributed by atoms with E-state index in [-0.39, 0.29) is 35.2 Å². The van der Waals surface area contributed by atoms with Gasteiger partial charge in [-0.15, -0.1) is 0 Å². The molecule has 2 heterocycles. The topological polar surface area (TPSA) is 91.0 Å². The average Bonchev–Trinajstić information content (AvgIpc) is 3.16. The van der Waals surface area contributed by atoms with E-state index in [4.69, 9.17) is 4.84 Å². The average molecular weight is 352 g/mol. The van der Waals surface area contributed by atoms with Gasteiger partial charge in [0.1, 0.15) is 6.04 Å². The van der Waals surface area contributed by atoms with Crippen LogP contribution in [0.1, 0.15) is 52.9 Å². The number of hydrogen-bond acceptors (Lipinski definition) is 4. The van der Waals surface area contributed by atoms with E-state index in [1.54, 1.807) is 4.90 Å². The van der Waals surface area contributed by atoms with Gasteiger partial charge in [-0.1, -0.05) is 27.2 Å². The van der Waals surface area contributed by atoms with Crippen LogP contribution in [0.5, 0.6) is 0 Å². The third-order valence-corrected chi connectivity index (χ3v) is 5.49. The molecule has 1 aliphatic carbocycles. The first-order valence-corrected chi connectivity index (χ1v) is 9.17. The van der Waals surface area contributed by atoms with Crippen molar-refractivity contribution in [2.45, 2.75) is 65.0 Å². The summed E-state index contributed by atoms with van der Waals surface area (Å²) in [5.74, 6) is -0.558. The molecule has 0 spiro atoms. The number of urea groups is 1. The number of piperidine rings is 1. The van der Waals surface area contributed by atoms with E-state index in [9.17, 15) is 14.4 Å². The smallest absolute Gasteiger partial charge is 0.309 e. The van der Waals surface area contributed by atoms with Crippen LogP contribution in [-0.4, -0.2) is 53.0 Å². The maximum Gasteiger partial charge on any atom is 0.345 e. The Labute approximate surface area is 148 Å². The van der Waals surface area contributed by atoms with Crippen molar-refractivity contribution in [1.82, 2.24) is 20.8 Å². The van der Waals surface area contributed by atoms with Crippen molar-refractivity contribution >= 4 is 17.8 Å². The molecule has 2 aliphatic heterocycles. The van der Waals surface area contributed by atoms with Gasteiger partial charge >= 0.3 is 6.03 Å². The van der Waals surface area contributed by atoms with Crippen molar-refractivity contribution in [2.75, 3.05) is 13.2 Å². The fourth-order valence-electron chi connectivity index (χ4n) is 3.59. The minimum Gasteiger partial charge on any atom is -0.309 e. The number of fused-ring (bicyclic) bond motifs is 2. The molecule has 1 saturated carbocycles. The molecule has 8 heteroatoms. The van der Waals surface area contributed by atoms with Gasteiger partial charge < -0.3 is 4.90 Å². The lowest BCUT2D eigenvalue weighted by molar-refractivity contribution is -0.133. The molecule has 2 unspecified atom stereocenters. The molecule has 3 fully saturated rings. The van der Waals surface area contributed by atoms with Gasteiger partial charge in [0.05, 0.1) is 12.6 Å². The van der Waals surface area contributed by atoms with E-state index in [0.29, 0.717) is 19.6 Å². The Morgan fingerprint density at radius 3 is 2.56 bits per heavy atom. The summed E-state index contributed by atoms with van der Waals surface area (Å²) >= 11 is 0. The van der Waals surface area contributed by atoms with Crippen LogP contribution >= 0.6 is 0 Å². The largest absolute Gasteiger partial charge is 0.345 e. The third-order valence-electron chi connectivity index (χ3n) is 5.49. The lowest BCUT2D eigenvalue weighted by atomic mass is 10.0. The number of hydrogen-bond donors (Lipinski definition) is 2. The first-order valence-electron chi connectivity index (χ1n) is 9.17. The minimum atomic E-state index is -0.559. The second-order valence-corrected chi connectivity index (χ2v) is 7.92. The van der Waals surface area contributed by atoms with E-state index >= 15 is 0 Å². The van der Waals surface area contributed by atoms with Crippen LogP contribution in [0.2, 0.25) is 0 Å². The number of hydroxylamine groups is 2. The highest BCUT2D eigenvalue weighted by atomic mass is 16.7. The molecular weight excluding hydrogens is 324 g/mol. The number of hydrazine groups is 1. The second kappa shape index (κ2) is 6.82. The molecule has 0 aromatic rings. The predicted octanol–water partition coefficient (Wildman–Crippen LogP) is 1.18. The van der Waals surface area contributed by atoms with Crippen LogP contribution in [-0.2, 0) is 14.4 Å². The van der Waals surface area contributed by atoms with Crippen LogP contribution in [0.15, 0.2) is 0 Å². The van der Waals surface area contributed by atoms with Crippen LogP contribution in [0.3, 0.4) is 0 Å². The highest BCUT2D eigenvalue weighted by Crippen LogP contribution is 2.51. The molecule has 3 aliphatic rings. The fraction of sp³-hybridized carbons (Fsp3) is 0.824. The van der Waals surface area contributed by atoms with E-state index in [0.717, 1.165) is 25.7 Å². The lowest BCUT2D eigenvalue weighted by Crippen LogP contribution is -2.54. The van der Waals surface area contributed by atoms with Crippen molar-refractivity contribution in [2.24, 2.45) is 11.3 Å². The summed E-state index contributed by atoms with van der Waals surface area (Å²) in [4.78, 5) is 44.1. The summed E-state index contributed by atoms with van der Waals surface area (Å²) in [5.41, 5.74) is 5.00. The zero-order chi connectivity index (χ0) is 18.2. The monoisotopic (exact) mass is 352 g/mol. The van der Waals surface area contributed by atoms with Gasteiger partial charge in [-0.2, -0.15) is 5.06 Å². The summed E-state index contributed by atoms with van der Waals surface area (Å²) in [6.45, 7) is 7.12. The Bertz CT molecular complexity index is 565. The standard InChI is InChI=1S/C17H28N4O4/c1-4-5-8-25-21-11-6-7-13(20(10-11)16(21)24)15(23)19-18-14(22)12-9-17(12,2)3/h11-13H,4-10H2,1-3H3,(H,18,22)(H,19,23)/t11?,12?,13-/m0/s1. The lowest BCUT2D eigenvalue weighted by Gasteiger charge is -2.29. The highest BCUT2D eigenvalue weighted by molar-refractivity contribution is 5.90. The number of amides is 4. The van der Waals surface area contributed by atoms with Gasteiger partial charge in [0, 0.05) is 12.5 Å². The summed E-state index contributed by atoms with van der Waals surface area (Å²) in [7, 11) is 0. The van der Waals surface area contributed by atoms with Gasteiger partial charge in [0.25, 0.3) is 5.91 Å². The summed E-state index contributed by atoms with van der Waals surface area (Å²) in [6, 6.07) is -0.806.